The molecular formula is C13H17N3O2. The van der Waals surface area contributed by atoms with Gasteiger partial charge in [0.15, 0.2) is 0 Å². The van der Waals surface area contributed by atoms with E-state index in [1.165, 1.54) is 0 Å². The van der Waals surface area contributed by atoms with Gasteiger partial charge in [-0.25, -0.2) is 0 Å². The summed E-state index contributed by atoms with van der Waals surface area (Å²) in [7, 11) is 0. The molecule has 0 bridgehead atoms. The number of amides is 2. The summed E-state index contributed by atoms with van der Waals surface area (Å²) in [5, 5.41) is 6.21. The number of carbonyl (C=O) groups is 2. The van der Waals surface area contributed by atoms with Gasteiger partial charge in [-0.05, 0) is 24.1 Å². The van der Waals surface area contributed by atoms with Gasteiger partial charge in [-0.15, -0.1) is 0 Å². The molecule has 1 atom stereocenters. The molecule has 1 aliphatic heterocycles. The molecule has 0 aromatic heterocycles. The number of nitrogens with two attached hydrogens (primary N) is 1. The summed E-state index contributed by atoms with van der Waals surface area (Å²) in [5.74, 6) is -0.289. The van der Waals surface area contributed by atoms with Crippen molar-refractivity contribution >= 4 is 11.8 Å². The van der Waals surface area contributed by atoms with E-state index in [1.807, 2.05) is 12.1 Å². The van der Waals surface area contributed by atoms with Crippen LogP contribution in [0.2, 0.25) is 0 Å². The number of carbonyl (C=O) groups excluding carboxylic acids is 2. The fourth-order valence-corrected chi connectivity index (χ4v) is 1.96. The third-order valence-electron chi connectivity index (χ3n) is 3.10. The molecule has 1 fully saturated rings. The molecule has 18 heavy (non-hydrogen) atoms. The van der Waals surface area contributed by atoms with Gasteiger partial charge in [0.25, 0.3) is 0 Å². The van der Waals surface area contributed by atoms with Gasteiger partial charge in [-0.2, -0.15) is 0 Å². The summed E-state index contributed by atoms with van der Waals surface area (Å²) in [4.78, 5) is 21.9. The summed E-state index contributed by atoms with van der Waals surface area (Å²) in [5.41, 5.74) is 6.78. The lowest BCUT2D eigenvalue weighted by atomic mass is 10.1. The molecule has 1 aliphatic rings. The van der Waals surface area contributed by atoms with E-state index < -0.39 is 5.91 Å². The van der Waals surface area contributed by atoms with Gasteiger partial charge in [-0.1, -0.05) is 12.1 Å². The molecule has 4 N–H and O–H groups in total. The molecule has 1 saturated heterocycles. The van der Waals surface area contributed by atoms with Crippen LogP contribution in [0.15, 0.2) is 24.3 Å². The van der Waals surface area contributed by atoms with Crippen LogP contribution < -0.4 is 16.4 Å². The Morgan fingerprint density at radius 3 is 2.67 bits per heavy atom. The molecule has 0 aliphatic carbocycles. The topological polar surface area (TPSA) is 84.2 Å². The first kappa shape index (κ1) is 12.6. The number of hydrogen-bond acceptors (Lipinski definition) is 3. The standard InChI is InChI=1S/C13H17N3O2/c14-13(18)10-3-1-9(2-4-10)7-15-11-5-6-12(17)16-8-11/h1-4,11,15H,5-8H2,(H2,14,18)(H,16,17). The zero-order valence-corrected chi connectivity index (χ0v) is 10.1. The molecule has 2 amide bonds. The highest BCUT2D eigenvalue weighted by Gasteiger charge is 2.16. The summed E-state index contributed by atoms with van der Waals surface area (Å²) in [6.45, 7) is 1.40. The Morgan fingerprint density at radius 2 is 2.11 bits per heavy atom. The molecule has 0 saturated carbocycles. The van der Waals surface area contributed by atoms with Crippen molar-refractivity contribution < 1.29 is 9.59 Å². The lowest BCUT2D eigenvalue weighted by Crippen LogP contribution is -2.45. The van der Waals surface area contributed by atoms with E-state index in [0.717, 1.165) is 18.5 Å². The Morgan fingerprint density at radius 1 is 1.39 bits per heavy atom. The Hall–Kier alpha value is -1.88. The van der Waals surface area contributed by atoms with Crippen LogP contribution in [0.4, 0.5) is 0 Å². The quantitative estimate of drug-likeness (QED) is 0.708. The number of benzene rings is 1. The van der Waals surface area contributed by atoms with Gasteiger partial charge in [0, 0.05) is 31.1 Å². The average molecular weight is 247 g/mol. The molecular weight excluding hydrogens is 230 g/mol. The Labute approximate surface area is 106 Å². The van der Waals surface area contributed by atoms with Gasteiger partial charge in [0.1, 0.15) is 0 Å². The maximum absolute atomic E-state index is 11.0. The number of rotatable bonds is 4. The minimum Gasteiger partial charge on any atom is -0.366 e. The number of primary amides is 1. The second-order valence-electron chi connectivity index (χ2n) is 4.48. The highest BCUT2D eigenvalue weighted by atomic mass is 16.2. The van der Waals surface area contributed by atoms with Crippen LogP contribution >= 0.6 is 0 Å². The molecule has 1 aromatic rings. The molecule has 0 spiro atoms. The predicted octanol–water partition coefficient (Wildman–Crippen LogP) is 0.154. The van der Waals surface area contributed by atoms with Crippen molar-refractivity contribution in [2.45, 2.75) is 25.4 Å². The van der Waals surface area contributed by atoms with Gasteiger partial charge in [0.05, 0.1) is 0 Å². The lowest BCUT2D eigenvalue weighted by molar-refractivity contribution is -0.122. The van der Waals surface area contributed by atoms with Gasteiger partial charge in [0.2, 0.25) is 11.8 Å². The second-order valence-corrected chi connectivity index (χ2v) is 4.48. The van der Waals surface area contributed by atoms with Crippen LogP contribution in [0, 0.1) is 0 Å². The normalized spacial score (nSPS) is 19.3. The first-order valence-corrected chi connectivity index (χ1v) is 6.04. The van der Waals surface area contributed by atoms with E-state index in [4.69, 9.17) is 5.73 Å². The second kappa shape index (κ2) is 5.64. The minimum absolute atomic E-state index is 0.124. The van der Waals surface area contributed by atoms with Crippen LogP contribution in [0.5, 0.6) is 0 Å². The summed E-state index contributed by atoms with van der Waals surface area (Å²) >= 11 is 0. The van der Waals surface area contributed by atoms with E-state index in [-0.39, 0.29) is 5.91 Å². The van der Waals surface area contributed by atoms with E-state index >= 15 is 0 Å². The number of nitrogens with one attached hydrogen (secondary N) is 2. The van der Waals surface area contributed by atoms with Crippen molar-refractivity contribution in [3.63, 3.8) is 0 Å². The Kier molecular flexibility index (Phi) is 3.94. The first-order chi connectivity index (χ1) is 8.65. The van der Waals surface area contributed by atoms with Gasteiger partial charge < -0.3 is 16.4 Å². The third kappa shape index (κ3) is 3.30. The van der Waals surface area contributed by atoms with Gasteiger partial charge >= 0.3 is 0 Å². The highest BCUT2D eigenvalue weighted by molar-refractivity contribution is 5.92. The molecule has 5 heteroatoms. The Bertz CT molecular complexity index is 432. The predicted molar refractivity (Wildman–Crippen MR) is 67.8 cm³/mol. The fourth-order valence-electron chi connectivity index (χ4n) is 1.96. The number of piperidine rings is 1. The molecule has 1 heterocycles. The molecule has 0 radical (unpaired) electrons. The SMILES string of the molecule is NC(=O)c1ccc(CNC2CCC(=O)NC2)cc1. The largest absolute Gasteiger partial charge is 0.366 e. The van der Waals surface area contributed by atoms with Crippen LogP contribution in [0.1, 0.15) is 28.8 Å². The Balaban J connectivity index is 1.83. The van der Waals surface area contributed by atoms with Crippen LogP contribution in [-0.2, 0) is 11.3 Å². The van der Waals surface area contributed by atoms with Gasteiger partial charge in [-0.3, -0.25) is 9.59 Å². The van der Waals surface area contributed by atoms with Crippen molar-refractivity contribution in [3.8, 4) is 0 Å². The van der Waals surface area contributed by atoms with Crippen molar-refractivity contribution in [1.29, 1.82) is 0 Å². The maximum atomic E-state index is 11.0. The van der Waals surface area contributed by atoms with Crippen molar-refractivity contribution in [1.82, 2.24) is 10.6 Å². The van der Waals surface area contributed by atoms with Crippen LogP contribution in [-0.4, -0.2) is 24.4 Å². The van der Waals surface area contributed by atoms with Crippen LogP contribution in [0.3, 0.4) is 0 Å². The first-order valence-electron chi connectivity index (χ1n) is 6.04. The van der Waals surface area contributed by atoms with Crippen molar-refractivity contribution in [3.05, 3.63) is 35.4 Å². The molecule has 1 unspecified atom stereocenters. The fraction of sp³-hybridized carbons (Fsp3) is 0.385. The van der Waals surface area contributed by atoms with Crippen molar-refractivity contribution in [2.75, 3.05) is 6.54 Å². The smallest absolute Gasteiger partial charge is 0.248 e. The highest BCUT2D eigenvalue weighted by Crippen LogP contribution is 2.06. The maximum Gasteiger partial charge on any atom is 0.248 e. The van der Waals surface area contributed by atoms with Crippen molar-refractivity contribution in [2.24, 2.45) is 5.73 Å². The van der Waals surface area contributed by atoms with E-state index in [2.05, 4.69) is 10.6 Å². The molecule has 1 aromatic carbocycles. The molecule has 2 rings (SSSR count). The summed E-state index contributed by atoms with van der Waals surface area (Å²) < 4.78 is 0. The molecule has 5 nitrogen and oxygen atoms in total. The summed E-state index contributed by atoms with van der Waals surface area (Å²) in [6.07, 6.45) is 1.45. The third-order valence-corrected chi connectivity index (χ3v) is 3.10. The average Bonchev–Trinajstić information content (AvgIpc) is 2.38. The molecule has 96 valence electrons. The van der Waals surface area contributed by atoms with E-state index in [0.29, 0.717) is 24.6 Å². The number of hydrogen-bond donors (Lipinski definition) is 3. The van der Waals surface area contributed by atoms with Crippen LogP contribution in [0.25, 0.3) is 0 Å². The minimum atomic E-state index is -0.412. The summed E-state index contributed by atoms with van der Waals surface area (Å²) in [6, 6.07) is 7.53. The lowest BCUT2D eigenvalue weighted by Gasteiger charge is -2.23. The zero-order valence-electron chi connectivity index (χ0n) is 10.1. The zero-order chi connectivity index (χ0) is 13.0. The van der Waals surface area contributed by atoms with E-state index in [9.17, 15) is 9.59 Å². The monoisotopic (exact) mass is 247 g/mol. The van der Waals surface area contributed by atoms with E-state index in [1.54, 1.807) is 12.1 Å².